The van der Waals surface area contributed by atoms with Gasteiger partial charge in [0.1, 0.15) is 17.6 Å². The summed E-state index contributed by atoms with van der Waals surface area (Å²) in [6.07, 6.45) is 23.2. The molecule has 0 amide bonds. The number of carbonyl (C=O) groups excluding carboxylic acids is 1. The fourth-order valence-corrected chi connectivity index (χ4v) is 6.04. The summed E-state index contributed by atoms with van der Waals surface area (Å²) in [5, 5.41) is 9.73. The average Bonchev–Trinajstić information content (AvgIpc) is 3.01. The zero-order valence-electron chi connectivity index (χ0n) is 25.8. The second-order valence-electron chi connectivity index (χ2n) is 12.1. The van der Waals surface area contributed by atoms with E-state index in [1.807, 2.05) is 24.3 Å². The van der Waals surface area contributed by atoms with Crippen molar-refractivity contribution in [3.05, 3.63) is 59.2 Å². The third-order valence-corrected chi connectivity index (χ3v) is 8.75. The molecule has 1 aliphatic rings. The Morgan fingerprint density at radius 1 is 0.780 bits per heavy atom. The molecule has 1 saturated carbocycles. The molecule has 0 aliphatic heterocycles. The molecular weight excluding hydrogens is 506 g/mol. The number of rotatable bonds is 19. The summed E-state index contributed by atoms with van der Waals surface area (Å²) in [6.45, 7) is 5.19. The van der Waals surface area contributed by atoms with Gasteiger partial charge in [0.2, 0.25) is 0 Å². The minimum atomic E-state index is -0.459. The molecule has 0 N–H and O–H groups in total. The summed E-state index contributed by atoms with van der Waals surface area (Å²) in [6, 6.07) is 15.0. The first-order valence-corrected chi connectivity index (χ1v) is 16.6. The van der Waals surface area contributed by atoms with E-state index in [2.05, 4.69) is 19.9 Å². The van der Waals surface area contributed by atoms with Crippen molar-refractivity contribution in [3.8, 4) is 17.6 Å². The number of hydrogen-bond acceptors (Lipinski definition) is 4. The highest BCUT2D eigenvalue weighted by Crippen LogP contribution is 2.34. The van der Waals surface area contributed by atoms with E-state index in [1.54, 1.807) is 18.2 Å². The van der Waals surface area contributed by atoms with Crippen LogP contribution in [0.4, 0.5) is 0 Å². The van der Waals surface area contributed by atoms with Crippen LogP contribution in [0, 0.1) is 23.2 Å². The molecule has 0 heterocycles. The molecule has 1 fully saturated rings. The Bertz CT molecular complexity index is 1050. The van der Waals surface area contributed by atoms with Gasteiger partial charge >= 0.3 is 5.97 Å². The fourth-order valence-electron chi connectivity index (χ4n) is 6.04. The molecule has 2 aromatic carbocycles. The van der Waals surface area contributed by atoms with Crippen molar-refractivity contribution in [2.45, 2.75) is 129 Å². The normalized spacial score (nSPS) is 16.7. The molecule has 2 aromatic rings. The SMILES string of the molecule is CCCCCCCCOc1ccc(C(=O)Oc2ccc(CC[C@H]3CC[C@H](CCCCCCC)CC3)cc2C#N)cc1. The van der Waals surface area contributed by atoms with Crippen molar-refractivity contribution in [2.75, 3.05) is 6.61 Å². The zero-order valence-corrected chi connectivity index (χ0v) is 25.8. The molecule has 1 aliphatic carbocycles. The maximum absolute atomic E-state index is 12.8. The molecule has 3 rings (SSSR count). The molecular formula is C37H53NO3. The summed E-state index contributed by atoms with van der Waals surface area (Å²) in [5.41, 5.74) is 2.01. The van der Waals surface area contributed by atoms with Crippen LogP contribution in [0.3, 0.4) is 0 Å². The van der Waals surface area contributed by atoms with E-state index >= 15 is 0 Å². The monoisotopic (exact) mass is 559 g/mol. The number of benzene rings is 2. The van der Waals surface area contributed by atoms with Crippen molar-refractivity contribution in [1.82, 2.24) is 0 Å². The number of unbranched alkanes of at least 4 members (excludes halogenated alkanes) is 9. The zero-order chi connectivity index (χ0) is 29.1. The van der Waals surface area contributed by atoms with Crippen LogP contribution in [0.5, 0.6) is 11.5 Å². The Balaban J connectivity index is 1.39. The first kappa shape index (κ1) is 32.7. The smallest absolute Gasteiger partial charge is 0.343 e. The van der Waals surface area contributed by atoms with Crippen molar-refractivity contribution >= 4 is 5.97 Å². The average molecular weight is 560 g/mol. The number of nitrogens with zero attached hydrogens (tertiary/aromatic N) is 1. The molecule has 0 bridgehead atoms. The van der Waals surface area contributed by atoms with Gasteiger partial charge in [-0.25, -0.2) is 4.79 Å². The molecule has 0 saturated heterocycles. The lowest BCUT2D eigenvalue weighted by Crippen LogP contribution is -2.15. The summed E-state index contributed by atoms with van der Waals surface area (Å²) >= 11 is 0. The van der Waals surface area contributed by atoms with Crippen LogP contribution in [-0.4, -0.2) is 12.6 Å². The van der Waals surface area contributed by atoms with Gasteiger partial charge in [-0.15, -0.1) is 0 Å². The third kappa shape index (κ3) is 12.3. The van der Waals surface area contributed by atoms with Crippen LogP contribution in [0.25, 0.3) is 0 Å². The molecule has 4 heteroatoms. The van der Waals surface area contributed by atoms with Crippen molar-refractivity contribution in [2.24, 2.45) is 11.8 Å². The standard InChI is InChI=1S/C37H53NO3/c1-3-5-7-9-11-13-27-40-35-24-22-33(23-25-35)37(39)41-36-26-21-32(28-34(36)29-38)20-19-31-17-15-30(16-18-31)14-12-10-8-6-4-2/h21-26,28,30-31H,3-20,27H2,1-2H3/t30-,31-. The van der Waals surface area contributed by atoms with Crippen LogP contribution >= 0.6 is 0 Å². The molecule has 224 valence electrons. The summed E-state index contributed by atoms with van der Waals surface area (Å²) < 4.78 is 11.4. The molecule has 0 radical (unpaired) electrons. The molecule has 4 nitrogen and oxygen atoms in total. The Morgan fingerprint density at radius 3 is 2.05 bits per heavy atom. The lowest BCUT2D eigenvalue weighted by molar-refractivity contribution is 0.0734. The fraction of sp³-hybridized carbons (Fsp3) is 0.622. The van der Waals surface area contributed by atoms with Crippen LogP contribution < -0.4 is 9.47 Å². The van der Waals surface area contributed by atoms with Gasteiger partial charge in [-0.05, 0) is 73.1 Å². The Labute approximate surface area is 249 Å². The highest BCUT2D eigenvalue weighted by Gasteiger charge is 2.21. The van der Waals surface area contributed by atoms with E-state index in [0.29, 0.717) is 23.5 Å². The number of nitriles is 1. The molecule has 0 spiro atoms. The topological polar surface area (TPSA) is 59.3 Å². The van der Waals surface area contributed by atoms with Crippen molar-refractivity contribution in [1.29, 1.82) is 5.26 Å². The summed E-state index contributed by atoms with van der Waals surface area (Å²) in [4.78, 5) is 12.8. The number of aryl methyl sites for hydroxylation is 1. The van der Waals surface area contributed by atoms with E-state index in [1.165, 1.54) is 103 Å². The van der Waals surface area contributed by atoms with Gasteiger partial charge in [0.05, 0.1) is 17.7 Å². The quantitative estimate of drug-likeness (QED) is 0.0975. The molecule has 0 atom stereocenters. The molecule has 0 aromatic heterocycles. The van der Waals surface area contributed by atoms with Gasteiger partial charge in [-0.1, -0.05) is 116 Å². The second-order valence-corrected chi connectivity index (χ2v) is 12.1. The lowest BCUT2D eigenvalue weighted by Gasteiger charge is -2.28. The van der Waals surface area contributed by atoms with E-state index in [4.69, 9.17) is 9.47 Å². The van der Waals surface area contributed by atoms with Crippen LogP contribution in [0.2, 0.25) is 0 Å². The van der Waals surface area contributed by atoms with E-state index in [-0.39, 0.29) is 0 Å². The first-order chi connectivity index (χ1) is 20.1. The van der Waals surface area contributed by atoms with Gasteiger partial charge in [0.25, 0.3) is 0 Å². The van der Waals surface area contributed by atoms with Gasteiger partial charge in [0, 0.05) is 0 Å². The Hall–Kier alpha value is -2.80. The highest BCUT2D eigenvalue weighted by molar-refractivity contribution is 5.91. The van der Waals surface area contributed by atoms with E-state index in [9.17, 15) is 10.1 Å². The van der Waals surface area contributed by atoms with Crippen molar-refractivity contribution < 1.29 is 14.3 Å². The van der Waals surface area contributed by atoms with Gasteiger partial charge in [-0.2, -0.15) is 5.26 Å². The number of ether oxygens (including phenoxy) is 2. The predicted molar refractivity (Wildman–Crippen MR) is 169 cm³/mol. The highest BCUT2D eigenvalue weighted by atomic mass is 16.5. The maximum Gasteiger partial charge on any atom is 0.343 e. The maximum atomic E-state index is 12.8. The van der Waals surface area contributed by atoms with E-state index in [0.717, 1.165) is 36.0 Å². The molecule has 41 heavy (non-hydrogen) atoms. The van der Waals surface area contributed by atoms with Gasteiger partial charge in [-0.3, -0.25) is 0 Å². The minimum Gasteiger partial charge on any atom is -0.494 e. The minimum absolute atomic E-state index is 0.323. The first-order valence-electron chi connectivity index (χ1n) is 16.6. The largest absolute Gasteiger partial charge is 0.494 e. The summed E-state index contributed by atoms with van der Waals surface area (Å²) in [5.74, 6) is 2.34. The number of carbonyl (C=O) groups is 1. The van der Waals surface area contributed by atoms with Crippen molar-refractivity contribution in [3.63, 3.8) is 0 Å². The van der Waals surface area contributed by atoms with Crippen LogP contribution in [0.15, 0.2) is 42.5 Å². The Kier molecular flexibility index (Phi) is 15.4. The van der Waals surface area contributed by atoms with Crippen LogP contribution in [0.1, 0.15) is 144 Å². The lowest BCUT2D eigenvalue weighted by atomic mass is 9.77. The molecule has 0 unspecified atom stereocenters. The third-order valence-electron chi connectivity index (χ3n) is 8.75. The second kappa shape index (κ2) is 19.3. The van der Waals surface area contributed by atoms with Gasteiger partial charge in [0.15, 0.2) is 0 Å². The van der Waals surface area contributed by atoms with Crippen LogP contribution in [-0.2, 0) is 6.42 Å². The van der Waals surface area contributed by atoms with Gasteiger partial charge < -0.3 is 9.47 Å². The summed E-state index contributed by atoms with van der Waals surface area (Å²) in [7, 11) is 0. The predicted octanol–water partition coefficient (Wildman–Crippen LogP) is 10.6. The number of esters is 1. The Morgan fingerprint density at radius 2 is 1.39 bits per heavy atom. The van der Waals surface area contributed by atoms with E-state index < -0.39 is 5.97 Å². The number of hydrogen-bond donors (Lipinski definition) is 0.